The van der Waals surface area contributed by atoms with E-state index in [1.54, 1.807) is 11.0 Å². The molecule has 0 saturated heterocycles. The standard InChI is InChI=1S/C12H16N5O.BrH/c18-12(5-4-9-17-11-13-14-15-17)6-10-16-7-2-1-3-8-16;/h1-3,7-8,11H,4-6,9-10H2;1H/q+1;/p-1. The monoisotopic (exact) mass is 325 g/mol. The first-order valence-corrected chi connectivity index (χ1v) is 6.01. The van der Waals surface area contributed by atoms with E-state index < -0.39 is 0 Å². The van der Waals surface area contributed by atoms with Gasteiger partial charge in [0.15, 0.2) is 18.9 Å². The molecular formula is C12H16BrN5O. The highest BCUT2D eigenvalue weighted by molar-refractivity contribution is 5.78. The Morgan fingerprint density at radius 3 is 2.63 bits per heavy atom. The zero-order chi connectivity index (χ0) is 12.6. The quantitative estimate of drug-likeness (QED) is 0.524. The van der Waals surface area contributed by atoms with Crippen LogP contribution < -0.4 is 21.5 Å². The molecule has 102 valence electrons. The van der Waals surface area contributed by atoms with Gasteiger partial charge in [0.25, 0.3) is 0 Å². The summed E-state index contributed by atoms with van der Waals surface area (Å²) >= 11 is 0. The fraction of sp³-hybridized carbons (Fsp3) is 0.417. The summed E-state index contributed by atoms with van der Waals surface area (Å²) in [6, 6.07) is 5.88. The molecule has 0 aliphatic heterocycles. The molecule has 0 aromatic carbocycles. The number of Topliss-reactive ketones (excluding diaryl/α,β-unsaturated/α-hetero) is 1. The van der Waals surface area contributed by atoms with Crippen LogP contribution in [0.4, 0.5) is 0 Å². The summed E-state index contributed by atoms with van der Waals surface area (Å²) in [4.78, 5) is 11.7. The summed E-state index contributed by atoms with van der Waals surface area (Å²) in [6.07, 6.45) is 7.42. The Balaban J connectivity index is 0.00000180. The third kappa shape index (κ3) is 5.69. The predicted octanol–water partition coefficient (Wildman–Crippen LogP) is -2.60. The molecule has 0 amide bonds. The third-order valence-electron chi connectivity index (χ3n) is 2.66. The Morgan fingerprint density at radius 1 is 1.16 bits per heavy atom. The van der Waals surface area contributed by atoms with E-state index in [0.717, 1.165) is 13.0 Å². The lowest BCUT2D eigenvalue weighted by molar-refractivity contribution is -0.695. The molecule has 2 heterocycles. The molecule has 0 aliphatic rings. The number of carbonyl (C=O) groups excluding carboxylic acids is 1. The molecule has 0 radical (unpaired) electrons. The lowest BCUT2D eigenvalue weighted by Gasteiger charge is -1.99. The van der Waals surface area contributed by atoms with Crippen molar-refractivity contribution in [2.75, 3.05) is 0 Å². The highest BCUT2D eigenvalue weighted by atomic mass is 79.9. The number of ketones is 1. The summed E-state index contributed by atoms with van der Waals surface area (Å²) in [6.45, 7) is 1.43. The van der Waals surface area contributed by atoms with Crippen LogP contribution in [0.2, 0.25) is 0 Å². The first-order chi connectivity index (χ1) is 8.84. The minimum absolute atomic E-state index is 0. The average molecular weight is 326 g/mol. The predicted molar refractivity (Wildman–Crippen MR) is 63.3 cm³/mol. The summed E-state index contributed by atoms with van der Waals surface area (Å²) in [5.74, 6) is 0.277. The Hall–Kier alpha value is -1.63. The first-order valence-electron chi connectivity index (χ1n) is 6.01. The molecular weight excluding hydrogens is 310 g/mol. The van der Waals surface area contributed by atoms with E-state index in [9.17, 15) is 4.79 Å². The van der Waals surface area contributed by atoms with Crippen LogP contribution in [0.1, 0.15) is 19.3 Å². The van der Waals surface area contributed by atoms with Gasteiger partial charge in [0.05, 0.1) is 6.42 Å². The van der Waals surface area contributed by atoms with Crippen molar-refractivity contribution >= 4 is 5.78 Å². The number of hydrogen-bond acceptors (Lipinski definition) is 4. The number of pyridine rings is 1. The van der Waals surface area contributed by atoms with Crippen LogP contribution in [0.25, 0.3) is 0 Å². The fourth-order valence-corrected chi connectivity index (χ4v) is 1.68. The molecule has 2 rings (SSSR count). The van der Waals surface area contributed by atoms with Crippen molar-refractivity contribution in [3.05, 3.63) is 36.9 Å². The van der Waals surface area contributed by atoms with Crippen molar-refractivity contribution in [3.8, 4) is 0 Å². The molecule has 0 saturated carbocycles. The summed E-state index contributed by atoms with van der Waals surface area (Å²) < 4.78 is 3.65. The van der Waals surface area contributed by atoms with Gasteiger partial charge in [-0.3, -0.25) is 4.79 Å². The highest BCUT2D eigenvalue weighted by Crippen LogP contribution is 1.97. The van der Waals surface area contributed by atoms with Gasteiger partial charge in [0, 0.05) is 25.1 Å². The molecule has 0 N–H and O–H groups in total. The molecule has 6 nitrogen and oxygen atoms in total. The van der Waals surface area contributed by atoms with Gasteiger partial charge in [-0.1, -0.05) is 6.07 Å². The molecule has 0 bridgehead atoms. The van der Waals surface area contributed by atoms with Gasteiger partial charge in [-0.2, -0.15) is 0 Å². The maximum absolute atomic E-state index is 11.7. The van der Waals surface area contributed by atoms with Crippen molar-refractivity contribution in [2.24, 2.45) is 0 Å². The second-order valence-electron chi connectivity index (χ2n) is 4.08. The summed E-state index contributed by atoms with van der Waals surface area (Å²) in [5.41, 5.74) is 0. The number of nitrogens with zero attached hydrogens (tertiary/aromatic N) is 5. The van der Waals surface area contributed by atoms with Crippen LogP contribution in [0, 0.1) is 0 Å². The molecule has 0 aliphatic carbocycles. The SMILES string of the molecule is O=C(CCCn1cnnn1)CC[n+]1ccccc1.[Br-]. The van der Waals surface area contributed by atoms with Crippen molar-refractivity contribution < 1.29 is 26.3 Å². The molecule has 0 unspecified atom stereocenters. The maximum Gasteiger partial charge on any atom is 0.168 e. The molecule has 0 spiro atoms. The number of halogens is 1. The first kappa shape index (κ1) is 15.4. The van der Waals surface area contributed by atoms with E-state index in [1.807, 2.05) is 35.2 Å². The molecule has 19 heavy (non-hydrogen) atoms. The lowest BCUT2D eigenvalue weighted by Crippen LogP contribution is -3.00. The number of carbonyl (C=O) groups is 1. The van der Waals surface area contributed by atoms with Crippen LogP contribution in [0.3, 0.4) is 0 Å². The normalized spacial score (nSPS) is 9.89. The summed E-state index contributed by atoms with van der Waals surface area (Å²) in [7, 11) is 0. The van der Waals surface area contributed by atoms with E-state index in [0.29, 0.717) is 19.4 Å². The van der Waals surface area contributed by atoms with Gasteiger partial charge in [0.2, 0.25) is 0 Å². The number of aromatic nitrogens is 5. The molecule has 0 atom stereocenters. The highest BCUT2D eigenvalue weighted by Gasteiger charge is 2.06. The van der Waals surface area contributed by atoms with Crippen LogP contribution >= 0.6 is 0 Å². The Morgan fingerprint density at radius 2 is 1.95 bits per heavy atom. The van der Waals surface area contributed by atoms with Gasteiger partial charge in [0.1, 0.15) is 12.1 Å². The minimum atomic E-state index is 0. The van der Waals surface area contributed by atoms with E-state index in [4.69, 9.17) is 0 Å². The topological polar surface area (TPSA) is 64.5 Å². The van der Waals surface area contributed by atoms with Gasteiger partial charge in [-0.15, -0.1) is 5.10 Å². The van der Waals surface area contributed by atoms with Crippen molar-refractivity contribution in [1.82, 2.24) is 20.2 Å². The van der Waals surface area contributed by atoms with Crippen LogP contribution in [0.15, 0.2) is 36.9 Å². The Kier molecular flexibility index (Phi) is 6.88. The van der Waals surface area contributed by atoms with Crippen molar-refractivity contribution in [1.29, 1.82) is 0 Å². The largest absolute Gasteiger partial charge is 1.00 e. The Labute approximate surface area is 122 Å². The zero-order valence-corrected chi connectivity index (χ0v) is 12.1. The smallest absolute Gasteiger partial charge is 0.168 e. The minimum Gasteiger partial charge on any atom is -1.00 e. The fourth-order valence-electron chi connectivity index (χ4n) is 1.68. The summed E-state index contributed by atoms with van der Waals surface area (Å²) in [5, 5.41) is 10.8. The van der Waals surface area contributed by atoms with Gasteiger partial charge >= 0.3 is 0 Å². The van der Waals surface area contributed by atoms with E-state index >= 15 is 0 Å². The number of rotatable bonds is 7. The number of aryl methyl sites for hydroxylation is 2. The van der Waals surface area contributed by atoms with Crippen molar-refractivity contribution in [2.45, 2.75) is 32.4 Å². The maximum atomic E-state index is 11.7. The number of hydrogen-bond donors (Lipinski definition) is 0. The average Bonchev–Trinajstić information content (AvgIpc) is 2.91. The van der Waals surface area contributed by atoms with Gasteiger partial charge in [-0.25, -0.2) is 9.25 Å². The second kappa shape index (κ2) is 8.47. The number of tetrazole rings is 1. The zero-order valence-electron chi connectivity index (χ0n) is 10.5. The third-order valence-corrected chi connectivity index (χ3v) is 2.66. The van der Waals surface area contributed by atoms with Crippen LogP contribution in [-0.2, 0) is 17.9 Å². The van der Waals surface area contributed by atoms with Gasteiger partial charge < -0.3 is 17.0 Å². The van der Waals surface area contributed by atoms with Gasteiger partial charge in [-0.05, 0) is 16.8 Å². The molecule has 0 fully saturated rings. The van der Waals surface area contributed by atoms with E-state index in [1.165, 1.54) is 0 Å². The molecule has 2 aromatic heterocycles. The molecule has 2 aromatic rings. The second-order valence-corrected chi connectivity index (χ2v) is 4.08. The van der Waals surface area contributed by atoms with E-state index in [-0.39, 0.29) is 22.8 Å². The van der Waals surface area contributed by atoms with Crippen LogP contribution in [0.5, 0.6) is 0 Å². The van der Waals surface area contributed by atoms with E-state index in [2.05, 4.69) is 15.5 Å². The van der Waals surface area contributed by atoms with Crippen molar-refractivity contribution in [3.63, 3.8) is 0 Å². The molecule has 7 heteroatoms. The van der Waals surface area contributed by atoms with Crippen LogP contribution in [-0.4, -0.2) is 26.0 Å². The Bertz CT molecular complexity index is 474. The lowest BCUT2D eigenvalue weighted by atomic mass is 10.1.